The molecule has 3 atom stereocenters. The second kappa shape index (κ2) is 4.65. The molecule has 0 bridgehead atoms. The lowest BCUT2D eigenvalue weighted by Crippen LogP contribution is -2.29. The average molecular weight is 245 g/mol. The Bertz CT molecular complexity index is 329. The van der Waals surface area contributed by atoms with Crippen LogP contribution in [0.5, 0.6) is 0 Å². The first-order chi connectivity index (χ1) is 7.53. The highest BCUT2D eigenvalue weighted by Crippen LogP contribution is 2.59. The Morgan fingerprint density at radius 2 is 1.94 bits per heavy atom. The quantitative estimate of drug-likeness (QED) is 0.770. The van der Waals surface area contributed by atoms with Crippen LogP contribution in [0.4, 0.5) is 0 Å². The first-order valence-corrected chi connectivity index (χ1v) is 8.44. The minimum absolute atomic E-state index is 0.341. The molecule has 3 unspecified atom stereocenters. The van der Waals surface area contributed by atoms with Gasteiger partial charge in [0.05, 0.1) is 0 Å². The number of sulfone groups is 1. The van der Waals surface area contributed by atoms with E-state index in [1.54, 1.807) is 0 Å². The van der Waals surface area contributed by atoms with E-state index in [4.69, 9.17) is 0 Å². The molecule has 0 saturated heterocycles. The van der Waals surface area contributed by atoms with Crippen molar-refractivity contribution in [1.82, 2.24) is 5.32 Å². The van der Waals surface area contributed by atoms with E-state index in [1.807, 2.05) is 7.05 Å². The summed E-state index contributed by atoms with van der Waals surface area (Å²) in [5, 5.41) is 3.38. The summed E-state index contributed by atoms with van der Waals surface area (Å²) >= 11 is 0. The van der Waals surface area contributed by atoms with Crippen molar-refractivity contribution in [3.05, 3.63) is 0 Å². The minimum Gasteiger partial charge on any atom is -0.317 e. The first-order valence-electron chi connectivity index (χ1n) is 6.38. The van der Waals surface area contributed by atoms with Gasteiger partial charge in [0, 0.05) is 18.1 Å². The molecule has 0 aliphatic heterocycles. The SMILES string of the molecule is CNC(CCCS(C)(=O)=O)C1C2CCCC21. The number of rotatable bonds is 6. The van der Waals surface area contributed by atoms with E-state index in [2.05, 4.69) is 5.32 Å². The minimum atomic E-state index is -2.78. The van der Waals surface area contributed by atoms with Gasteiger partial charge in [0.15, 0.2) is 0 Å². The van der Waals surface area contributed by atoms with Gasteiger partial charge < -0.3 is 5.32 Å². The third-order valence-corrected chi connectivity index (χ3v) is 5.37. The summed E-state index contributed by atoms with van der Waals surface area (Å²) in [5.74, 6) is 3.09. The Balaban J connectivity index is 1.75. The standard InChI is InChI=1S/C12H23NO2S/c1-13-11(7-4-8-16(2,14)15)12-9-5-3-6-10(9)12/h9-13H,3-8H2,1-2H3. The molecule has 2 fully saturated rings. The largest absolute Gasteiger partial charge is 0.317 e. The van der Waals surface area contributed by atoms with E-state index < -0.39 is 9.84 Å². The molecule has 0 heterocycles. The molecule has 2 rings (SSSR count). The molecule has 0 aromatic heterocycles. The molecule has 2 saturated carbocycles. The van der Waals surface area contributed by atoms with Crippen LogP contribution in [0, 0.1) is 17.8 Å². The Morgan fingerprint density at radius 1 is 1.31 bits per heavy atom. The van der Waals surface area contributed by atoms with E-state index in [0.717, 1.165) is 30.6 Å². The van der Waals surface area contributed by atoms with E-state index in [-0.39, 0.29) is 0 Å². The number of hydrogen-bond acceptors (Lipinski definition) is 3. The smallest absolute Gasteiger partial charge is 0.147 e. The van der Waals surface area contributed by atoms with Crippen molar-refractivity contribution >= 4 is 9.84 Å². The summed E-state index contributed by atoms with van der Waals surface area (Å²) in [6.07, 6.45) is 7.36. The molecule has 4 heteroatoms. The predicted octanol–water partition coefficient (Wildman–Crippen LogP) is 1.45. The summed E-state index contributed by atoms with van der Waals surface area (Å²) in [5.41, 5.74) is 0. The van der Waals surface area contributed by atoms with Crippen LogP contribution in [0.3, 0.4) is 0 Å². The highest BCUT2D eigenvalue weighted by molar-refractivity contribution is 7.90. The molecule has 0 amide bonds. The van der Waals surface area contributed by atoms with Crippen LogP contribution in [-0.4, -0.2) is 33.5 Å². The highest BCUT2D eigenvalue weighted by Gasteiger charge is 2.55. The lowest BCUT2D eigenvalue weighted by molar-refractivity contribution is 0.405. The van der Waals surface area contributed by atoms with Crippen LogP contribution in [0.25, 0.3) is 0 Å². The molecule has 0 radical (unpaired) electrons. The number of hydrogen-bond donors (Lipinski definition) is 1. The van der Waals surface area contributed by atoms with Crippen LogP contribution in [0.1, 0.15) is 32.1 Å². The van der Waals surface area contributed by atoms with Crippen LogP contribution in [0.15, 0.2) is 0 Å². The molecule has 3 nitrogen and oxygen atoms in total. The maximum atomic E-state index is 11.1. The van der Waals surface area contributed by atoms with Gasteiger partial charge in [-0.2, -0.15) is 0 Å². The lowest BCUT2D eigenvalue weighted by atomic mass is 10.0. The van der Waals surface area contributed by atoms with E-state index in [1.165, 1.54) is 25.5 Å². The second-order valence-corrected chi connectivity index (χ2v) is 7.76. The Kier molecular flexibility index (Phi) is 3.59. The van der Waals surface area contributed by atoms with Gasteiger partial charge in [-0.3, -0.25) is 0 Å². The number of fused-ring (bicyclic) bond motifs is 1. The monoisotopic (exact) mass is 245 g/mol. The van der Waals surface area contributed by atoms with Crippen molar-refractivity contribution in [2.24, 2.45) is 17.8 Å². The van der Waals surface area contributed by atoms with Crippen LogP contribution >= 0.6 is 0 Å². The first kappa shape index (κ1) is 12.4. The summed E-state index contributed by atoms with van der Waals surface area (Å²) in [4.78, 5) is 0. The molecular formula is C12H23NO2S. The highest BCUT2D eigenvalue weighted by atomic mass is 32.2. The summed E-state index contributed by atoms with van der Waals surface area (Å²) < 4.78 is 22.1. The normalized spacial score (nSPS) is 34.8. The van der Waals surface area contributed by atoms with Crippen molar-refractivity contribution < 1.29 is 8.42 Å². The molecule has 0 spiro atoms. The zero-order valence-electron chi connectivity index (χ0n) is 10.3. The Labute approximate surface area is 98.9 Å². The lowest BCUT2D eigenvalue weighted by Gasteiger charge is -2.17. The van der Waals surface area contributed by atoms with Crippen molar-refractivity contribution in [2.45, 2.75) is 38.1 Å². The third-order valence-electron chi connectivity index (χ3n) is 4.34. The van der Waals surface area contributed by atoms with Crippen molar-refractivity contribution in [1.29, 1.82) is 0 Å². The molecule has 0 aromatic carbocycles. The molecule has 2 aliphatic rings. The molecule has 0 aromatic rings. The fourth-order valence-electron chi connectivity index (χ4n) is 3.57. The zero-order chi connectivity index (χ0) is 11.8. The second-order valence-electron chi connectivity index (χ2n) is 5.50. The van der Waals surface area contributed by atoms with Gasteiger partial charge in [0.2, 0.25) is 0 Å². The van der Waals surface area contributed by atoms with Crippen molar-refractivity contribution in [2.75, 3.05) is 19.1 Å². The Morgan fingerprint density at radius 3 is 2.44 bits per heavy atom. The van der Waals surface area contributed by atoms with E-state index >= 15 is 0 Å². The maximum absolute atomic E-state index is 11.1. The summed E-state index contributed by atoms with van der Waals surface area (Å²) in [7, 11) is -0.767. The van der Waals surface area contributed by atoms with Gasteiger partial charge in [0.1, 0.15) is 9.84 Å². The van der Waals surface area contributed by atoms with Gasteiger partial charge in [-0.15, -0.1) is 0 Å². The fourth-order valence-corrected chi connectivity index (χ4v) is 4.26. The average Bonchev–Trinajstić information content (AvgIpc) is 2.68. The fraction of sp³-hybridized carbons (Fsp3) is 1.00. The van der Waals surface area contributed by atoms with Crippen LogP contribution in [-0.2, 0) is 9.84 Å². The number of nitrogens with one attached hydrogen (secondary N) is 1. The van der Waals surface area contributed by atoms with Gasteiger partial charge in [-0.1, -0.05) is 6.42 Å². The third kappa shape index (κ3) is 2.77. The topological polar surface area (TPSA) is 46.2 Å². The predicted molar refractivity (Wildman–Crippen MR) is 66.1 cm³/mol. The summed E-state index contributed by atoms with van der Waals surface area (Å²) in [6.45, 7) is 0. The van der Waals surface area contributed by atoms with Crippen LogP contribution < -0.4 is 5.32 Å². The molecule has 94 valence electrons. The Hall–Kier alpha value is -0.0900. The van der Waals surface area contributed by atoms with Gasteiger partial charge in [0.25, 0.3) is 0 Å². The van der Waals surface area contributed by atoms with E-state index in [0.29, 0.717) is 11.8 Å². The van der Waals surface area contributed by atoms with E-state index in [9.17, 15) is 8.42 Å². The van der Waals surface area contributed by atoms with Crippen molar-refractivity contribution in [3.63, 3.8) is 0 Å². The molecule has 2 aliphatic carbocycles. The molecular weight excluding hydrogens is 222 g/mol. The maximum Gasteiger partial charge on any atom is 0.147 e. The van der Waals surface area contributed by atoms with Gasteiger partial charge >= 0.3 is 0 Å². The van der Waals surface area contributed by atoms with Crippen molar-refractivity contribution in [3.8, 4) is 0 Å². The van der Waals surface area contributed by atoms with Gasteiger partial charge in [-0.05, 0) is 50.5 Å². The zero-order valence-corrected chi connectivity index (χ0v) is 11.1. The molecule has 1 N–H and O–H groups in total. The summed E-state index contributed by atoms with van der Waals surface area (Å²) in [6, 6.07) is 0.553. The van der Waals surface area contributed by atoms with Crippen LogP contribution in [0.2, 0.25) is 0 Å². The molecule has 16 heavy (non-hydrogen) atoms. The van der Waals surface area contributed by atoms with Gasteiger partial charge in [-0.25, -0.2) is 8.42 Å².